The summed E-state index contributed by atoms with van der Waals surface area (Å²) in [5, 5.41) is 9.36. The Hall–Kier alpha value is -1.26. The van der Waals surface area contributed by atoms with E-state index in [1.807, 2.05) is 0 Å². The van der Waals surface area contributed by atoms with Gasteiger partial charge in [-0.1, -0.05) is 6.07 Å². The molecule has 0 aromatic heterocycles. The Balaban J connectivity index is 2.98. The minimum Gasteiger partial charge on any atom is -0.504 e. The smallest absolute Gasteiger partial charge is 0.183 e. The summed E-state index contributed by atoms with van der Waals surface area (Å²) in [6.45, 7) is 0. The van der Waals surface area contributed by atoms with Gasteiger partial charge in [-0.05, 0) is 12.1 Å². The van der Waals surface area contributed by atoms with Gasteiger partial charge in [-0.2, -0.15) is 0 Å². The summed E-state index contributed by atoms with van der Waals surface area (Å²) in [5.41, 5.74) is 0.796. The van der Waals surface area contributed by atoms with E-state index in [0.29, 0.717) is 5.75 Å². The molecular weight excluding hydrogens is 184 g/mol. The molecule has 0 atom stereocenters. The Morgan fingerprint density at radius 2 is 1.79 bits per heavy atom. The molecule has 0 radical (unpaired) electrons. The summed E-state index contributed by atoms with van der Waals surface area (Å²) in [6.07, 6.45) is -0.440. The van der Waals surface area contributed by atoms with Gasteiger partial charge in [-0.3, -0.25) is 0 Å². The van der Waals surface area contributed by atoms with Crippen LogP contribution in [-0.2, 0) is 9.47 Å². The predicted molar refractivity (Wildman–Crippen MR) is 51.4 cm³/mol. The van der Waals surface area contributed by atoms with E-state index in [1.165, 1.54) is 7.11 Å². The molecule has 0 unspecified atom stereocenters. The summed E-state index contributed by atoms with van der Waals surface area (Å²) in [5.74, 6) is 0.504. The fourth-order valence-electron chi connectivity index (χ4n) is 1.21. The second-order valence-electron chi connectivity index (χ2n) is 2.73. The molecule has 14 heavy (non-hydrogen) atoms. The molecule has 0 bridgehead atoms. The zero-order valence-corrected chi connectivity index (χ0v) is 8.48. The maximum Gasteiger partial charge on any atom is 0.183 e. The average Bonchev–Trinajstić information content (AvgIpc) is 2.22. The molecule has 0 saturated heterocycles. The van der Waals surface area contributed by atoms with Crippen molar-refractivity contribution in [1.29, 1.82) is 0 Å². The van der Waals surface area contributed by atoms with Crippen molar-refractivity contribution in [2.75, 3.05) is 21.3 Å². The van der Waals surface area contributed by atoms with Crippen molar-refractivity contribution in [2.24, 2.45) is 0 Å². The number of phenolic OH excluding ortho intramolecular Hbond substituents is 1. The normalized spacial score (nSPS) is 10.6. The van der Waals surface area contributed by atoms with Crippen molar-refractivity contribution in [3.63, 3.8) is 0 Å². The van der Waals surface area contributed by atoms with Crippen LogP contribution in [0.2, 0.25) is 0 Å². The van der Waals surface area contributed by atoms with Crippen LogP contribution in [0.4, 0.5) is 0 Å². The standard InChI is InChI=1S/C10H14O4/c1-12-9-6-7(4-5-8(9)11)10(13-2)14-3/h4-6,10-11H,1-3H3. The molecule has 1 aromatic rings. The number of hydrogen-bond acceptors (Lipinski definition) is 4. The summed E-state index contributed by atoms with van der Waals surface area (Å²) in [4.78, 5) is 0. The monoisotopic (exact) mass is 198 g/mol. The van der Waals surface area contributed by atoms with E-state index in [9.17, 15) is 5.11 Å². The maximum absolute atomic E-state index is 9.36. The van der Waals surface area contributed by atoms with Crippen LogP contribution in [-0.4, -0.2) is 26.4 Å². The number of hydrogen-bond donors (Lipinski definition) is 1. The van der Waals surface area contributed by atoms with Crippen LogP contribution in [0, 0.1) is 0 Å². The fraction of sp³-hybridized carbons (Fsp3) is 0.400. The summed E-state index contributed by atoms with van der Waals surface area (Å²) < 4.78 is 15.1. The largest absolute Gasteiger partial charge is 0.504 e. The number of benzene rings is 1. The highest BCUT2D eigenvalue weighted by atomic mass is 16.7. The average molecular weight is 198 g/mol. The van der Waals surface area contributed by atoms with E-state index in [0.717, 1.165) is 5.56 Å². The van der Waals surface area contributed by atoms with Gasteiger partial charge in [-0.25, -0.2) is 0 Å². The van der Waals surface area contributed by atoms with Gasteiger partial charge >= 0.3 is 0 Å². The van der Waals surface area contributed by atoms with E-state index in [-0.39, 0.29) is 5.75 Å². The van der Waals surface area contributed by atoms with Crippen molar-refractivity contribution in [1.82, 2.24) is 0 Å². The lowest BCUT2D eigenvalue weighted by Gasteiger charge is -2.14. The Morgan fingerprint density at radius 3 is 2.29 bits per heavy atom. The summed E-state index contributed by atoms with van der Waals surface area (Å²) in [6, 6.07) is 4.93. The number of methoxy groups -OCH3 is 3. The van der Waals surface area contributed by atoms with Crippen LogP contribution < -0.4 is 4.74 Å². The second-order valence-corrected chi connectivity index (χ2v) is 2.73. The van der Waals surface area contributed by atoms with Gasteiger partial charge in [-0.15, -0.1) is 0 Å². The molecule has 0 aliphatic carbocycles. The molecule has 0 heterocycles. The molecule has 0 saturated carbocycles. The predicted octanol–water partition coefficient (Wildman–Crippen LogP) is 1.69. The minimum atomic E-state index is -0.440. The first kappa shape index (κ1) is 10.8. The lowest BCUT2D eigenvalue weighted by molar-refractivity contribution is -0.106. The molecule has 1 aromatic carbocycles. The maximum atomic E-state index is 9.36. The molecule has 0 spiro atoms. The van der Waals surface area contributed by atoms with Crippen molar-refractivity contribution in [3.05, 3.63) is 23.8 Å². The molecule has 0 amide bonds. The number of phenols is 1. The number of rotatable bonds is 4. The highest BCUT2D eigenvalue weighted by molar-refractivity contribution is 5.42. The Labute approximate surface area is 83.0 Å². The molecule has 1 rings (SSSR count). The van der Waals surface area contributed by atoms with Gasteiger partial charge in [0.1, 0.15) is 0 Å². The lowest BCUT2D eigenvalue weighted by atomic mass is 10.2. The highest BCUT2D eigenvalue weighted by Crippen LogP contribution is 2.29. The van der Waals surface area contributed by atoms with E-state index in [4.69, 9.17) is 14.2 Å². The van der Waals surface area contributed by atoms with Crippen molar-refractivity contribution in [2.45, 2.75) is 6.29 Å². The first-order valence-corrected chi connectivity index (χ1v) is 4.15. The van der Waals surface area contributed by atoms with Crippen molar-refractivity contribution >= 4 is 0 Å². The van der Waals surface area contributed by atoms with E-state index >= 15 is 0 Å². The van der Waals surface area contributed by atoms with Gasteiger partial charge < -0.3 is 19.3 Å². The first-order chi connectivity index (χ1) is 6.72. The lowest BCUT2D eigenvalue weighted by Crippen LogP contribution is -2.03. The van der Waals surface area contributed by atoms with Crippen LogP contribution >= 0.6 is 0 Å². The van der Waals surface area contributed by atoms with Crippen LogP contribution in [0.15, 0.2) is 18.2 Å². The van der Waals surface area contributed by atoms with E-state index in [2.05, 4.69) is 0 Å². The van der Waals surface area contributed by atoms with E-state index in [1.54, 1.807) is 32.4 Å². The molecule has 4 nitrogen and oxygen atoms in total. The van der Waals surface area contributed by atoms with Gasteiger partial charge in [0, 0.05) is 19.8 Å². The molecule has 4 heteroatoms. The van der Waals surface area contributed by atoms with Gasteiger partial charge in [0.05, 0.1) is 7.11 Å². The molecular formula is C10H14O4. The highest BCUT2D eigenvalue weighted by Gasteiger charge is 2.11. The third-order valence-corrected chi connectivity index (χ3v) is 1.90. The molecule has 0 fully saturated rings. The Kier molecular flexibility index (Phi) is 3.73. The second kappa shape index (κ2) is 4.83. The van der Waals surface area contributed by atoms with Crippen LogP contribution in [0.3, 0.4) is 0 Å². The van der Waals surface area contributed by atoms with E-state index < -0.39 is 6.29 Å². The quantitative estimate of drug-likeness (QED) is 0.748. The van der Waals surface area contributed by atoms with Crippen molar-refractivity contribution in [3.8, 4) is 11.5 Å². The summed E-state index contributed by atoms with van der Waals surface area (Å²) in [7, 11) is 4.59. The van der Waals surface area contributed by atoms with Crippen molar-refractivity contribution < 1.29 is 19.3 Å². The fourth-order valence-corrected chi connectivity index (χ4v) is 1.21. The minimum absolute atomic E-state index is 0.0993. The number of aromatic hydroxyl groups is 1. The zero-order valence-electron chi connectivity index (χ0n) is 8.48. The molecule has 0 aliphatic rings. The third kappa shape index (κ3) is 2.16. The van der Waals surface area contributed by atoms with Gasteiger partial charge in [0.25, 0.3) is 0 Å². The Bertz CT molecular complexity index is 294. The van der Waals surface area contributed by atoms with Crippen LogP contribution in [0.25, 0.3) is 0 Å². The van der Waals surface area contributed by atoms with Gasteiger partial charge in [0.2, 0.25) is 0 Å². The molecule has 0 aliphatic heterocycles. The Morgan fingerprint density at radius 1 is 1.14 bits per heavy atom. The third-order valence-electron chi connectivity index (χ3n) is 1.90. The topological polar surface area (TPSA) is 47.9 Å². The van der Waals surface area contributed by atoms with Crippen LogP contribution in [0.5, 0.6) is 11.5 Å². The number of ether oxygens (including phenoxy) is 3. The molecule has 78 valence electrons. The zero-order chi connectivity index (χ0) is 10.6. The first-order valence-electron chi connectivity index (χ1n) is 4.15. The summed E-state index contributed by atoms with van der Waals surface area (Å²) >= 11 is 0. The van der Waals surface area contributed by atoms with Crippen LogP contribution in [0.1, 0.15) is 11.9 Å². The van der Waals surface area contributed by atoms with Gasteiger partial charge in [0.15, 0.2) is 17.8 Å². The molecule has 1 N–H and O–H groups in total. The SMILES string of the molecule is COc1cc(C(OC)OC)ccc1O.